The Kier molecular flexibility index (Phi) is 11.2. The highest BCUT2D eigenvalue weighted by Gasteiger charge is 2.01. The van der Waals surface area contributed by atoms with Gasteiger partial charge in [-0.3, -0.25) is 4.99 Å². The second-order valence-corrected chi connectivity index (χ2v) is 7.17. The number of hydrogen-bond donors (Lipinski definition) is 2. The zero-order valence-corrected chi connectivity index (χ0v) is 17.8. The Morgan fingerprint density at radius 3 is 2.33 bits per heavy atom. The van der Waals surface area contributed by atoms with Crippen molar-refractivity contribution in [2.24, 2.45) is 15.2 Å². The van der Waals surface area contributed by atoms with Gasteiger partial charge in [-0.1, -0.05) is 39.0 Å². The Bertz CT molecular complexity index is 789. The van der Waals surface area contributed by atoms with E-state index in [0.29, 0.717) is 24.2 Å². The quantitative estimate of drug-likeness (QED) is 0.216. The summed E-state index contributed by atoms with van der Waals surface area (Å²) < 4.78 is 5.78. The topological polar surface area (TPSA) is 86.8 Å². The van der Waals surface area contributed by atoms with Crippen LogP contribution in [0.1, 0.15) is 57.4 Å². The van der Waals surface area contributed by atoms with Gasteiger partial charge in [-0.15, -0.1) is 0 Å². The molecule has 0 saturated carbocycles. The highest BCUT2D eigenvalue weighted by atomic mass is 16.5. The molecule has 0 aliphatic rings. The first-order valence-corrected chi connectivity index (χ1v) is 10.8. The van der Waals surface area contributed by atoms with E-state index in [9.17, 15) is 5.11 Å². The number of azo groups is 1. The lowest BCUT2D eigenvalue weighted by molar-refractivity contribution is 0.291. The lowest BCUT2D eigenvalue weighted by Crippen LogP contribution is -1.96. The number of ether oxygens (including phenoxy) is 1. The van der Waals surface area contributed by atoms with Crippen molar-refractivity contribution in [3.63, 3.8) is 0 Å². The van der Waals surface area contributed by atoms with Crippen molar-refractivity contribution >= 4 is 17.6 Å². The monoisotopic (exact) mass is 411 g/mol. The fourth-order valence-electron chi connectivity index (χ4n) is 2.83. The minimum absolute atomic E-state index is 0.0977. The van der Waals surface area contributed by atoms with Crippen LogP contribution < -0.4 is 4.74 Å². The van der Waals surface area contributed by atoms with Crippen molar-refractivity contribution in [2.45, 2.75) is 51.9 Å². The molecule has 2 N–H and O–H groups in total. The summed E-state index contributed by atoms with van der Waals surface area (Å²) in [6.07, 6.45) is 9.66. The summed E-state index contributed by atoms with van der Waals surface area (Å²) in [6, 6.07) is 12.5. The SMILES string of the molecule is CCCCCCCCOc1ccc(N=Nc2ccc(O)c(C=NCCCO)c2)cc1. The maximum atomic E-state index is 9.92. The molecule has 2 aromatic rings. The Balaban J connectivity index is 1.82. The molecule has 0 saturated heterocycles. The van der Waals surface area contributed by atoms with Gasteiger partial charge in [-0.05, 0) is 55.3 Å². The average Bonchev–Trinajstić information content (AvgIpc) is 2.77. The van der Waals surface area contributed by atoms with Gasteiger partial charge in [0.25, 0.3) is 0 Å². The number of aliphatic hydroxyl groups is 1. The summed E-state index contributed by atoms with van der Waals surface area (Å²) in [5.41, 5.74) is 1.93. The summed E-state index contributed by atoms with van der Waals surface area (Å²) >= 11 is 0. The number of benzene rings is 2. The Hall–Kier alpha value is -2.73. The molecule has 0 bridgehead atoms. The molecule has 2 aromatic carbocycles. The number of rotatable bonds is 14. The first-order valence-electron chi connectivity index (χ1n) is 10.8. The number of hydrogen-bond acceptors (Lipinski definition) is 6. The van der Waals surface area contributed by atoms with Crippen LogP contribution in [0.3, 0.4) is 0 Å². The molecule has 2 rings (SSSR count). The van der Waals surface area contributed by atoms with Crippen molar-refractivity contribution < 1.29 is 14.9 Å². The summed E-state index contributed by atoms with van der Waals surface area (Å²) in [6.45, 7) is 3.57. The highest BCUT2D eigenvalue weighted by Crippen LogP contribution is 2.25. The molecule has 0 spiro atoms. The zero-order chi connectivity index (χ0) is 21.4. The smallest absolute Gasteiger partial charge is 0.124 e. The number of phenols is 1. The van der Waals surface area contributed by atoms with Crippen LogP contribution in [0.4, 0.5) is 11.4 Å². The fourth-order valence-corrected chi connectivity index (χ4v) is 2.83. The van der Waals surface area contributed by atoms with Gasteiger partial charge in [0.15, 0.2) is 0 Å². The third-order valence-corrected chi connectivity index (χ3v) is 4.57. The van der Waals surface area contributed by atoms with E-state index in [4.69, 9.17) is 9.84 Å². The summed E-state index contributed by atoms with van der Waals surface area (Å²) in [5.74, 6) is 0.974. The van der Waals surface area contributed by atoms with Crippen LogP contribution >= 0.6 is 0 Å². The summed E-state index contributed by atoms with van der Waals surface area (Å²) in [7, 11) is 0. The standard InChI is InChI=1S/C24H33N3O3/c1-2-3-4-5-6-7-17-30-23-12-9-21(10-13-23)26-27-22-11-14-24(29)20(18-22)19-25-15-8-16-28/h9-14,18-19,28-29H,2-8,15-17H2,1H3. The molecule has 162 valence electrons. The van der Waals surface area contributed by atoms with Crippen molar-refractivity contribution in [3.05, 3.63) is 48.0 Å². The number of aliphatic hydroxyl groups excluding tert-OH is 1. The van der Waals surface area contributed by atoms with Gasteiger partial charge in [-0.2, -0.15) is 10.2 Å². The number of aliphatic imine (C=N–C) groups is 1. The predicted octanol–water partition coefficient (Wildman–Crippen LogP) is 6.35. The van der Waals surface area contributed by atoms with E-state index in [1.165, 1.54) is 32.1 Å². The molecule has 0 radical (unpaired) electrons. The molecule has 0 amide bonds. The van der Waals surface area contributed by atoms with Crippen molar-refractivity contribution in [2.75, 3.05) is 19.8 Å². The van der Waals surface area contributed by atoms with E-state index in [-0.39, 0.29) is 12.4 Å². The minimum Gasteiger partial charge on any atom is -0.507 e. The summed E-state index contributed by atoms with van der Waals surface area (Å²) in [4.78, 5) is 4.18. The van der Waals surface area contributed by atoms with Crippen LogP contribution in [-0.2, 0) is 0 Å². The predicted molar refractivity (Wildman–Crippen MR) is 122 cm³/mol. The molecular weight excluding hydrogens is 378 g/mol. The Labute approximate surface area is 179 Å². The van der Waals surface area contributed by atoms with Crippen LogP contribution in [-0.4, -0.2) is 36.2 Å². The van der Waals surface area contributed by atoms with E-state index < -0.39 is 0 Å². The third kappa shape index (κ3) is 9.18. The zero-order valence-electron chi connectivity index (χ0n) is 17.8. The van der Waals surface area contributed by atoms with E-state index >= 15 is 0 Å². The molecule has 0 fully saturated rings. The maximum absolute atomic E-state index is 9.92. The van der Waals surface area contributed by atoms with E-state index in [1.807, 2.05) is 24.3 Å². The molecule has 0 aromatic heterocycles. The molecule has 0 atom stereocenters. The lowest BCUT2D eigenvalue weighted by Gasteiger charge is -2.06. The van der Waals surface area contributed by atoms with Gasteiger partial charge in [0, 0.05) is 24.9 Å². The second kappa shape index (κ2) is 14.3. The van der Waals surface area contributed by atoms with Gasteiger partial charge >= 0.3 is 0 Å². The second-order valence-electron chi connectivity index (χ2n) is 7.17. The number of phenolic OH excluding ortho intramolecular Hbond substituents is 1. The van der Waals surface area contributed by atoms with Gasteiger partial charge in [-0.25, -0.2) is 0 Å². The third-order valence-electron chi connectivity index (χ3n) is 4.57. The molecule has 0 aliphatic heterocycles. The van der Waals surface area contributed by atoms with Crippen LogP contribution in [0, 0.1) is 0 Å². The first kappa shape index (κ1) is 23.5. The van der Waals surface area contributed by atoms with Crippen molar-refractivity contribution in [3.8, 4) is 11.5 Å². The largest absolute Gasteiger partial charge is 0.507 e. The number of aromatic hydroxyl groups is 1. The molecule has 6 heteroatoms. The highest BCUT2D eigenvalue weighted by molar-refractivity contribution is 5.84. The van der Waals surface area contributed by atoms with E-state index in [2.05, 4.69) is 22.1 Å². The lowest BCUT2D eigenvalue weighted by atomic mass is 10.1. The average molecular weight is 412 g/mol. The van der Waals surface area contributed by atoms with Gasteiger partial charge < -0.3 is 14.9 Å². The van der Waals surface area contributed by atoms with Gasteiger partial charge in [0.05, 0.1) is 18.0 Å². The number of unbranched alkanes of at least 4 members (excludes halogenated alkanes) is 5. The van der Waals surface area contributed by atoms with Crippen LogP contribution in [0.2, 0.25) is 0 Å². The normalized spacial score (nSPS) is 11.5. The molecule has 0 unspecified atom stereocenters. The van der Waals surface area contributed by atoms with E-state index in [0.717, 1.165) is 24.5 Å². The maximum Gasteiger partial charge on any atom is 0.124 e. The fraction of sp³-hybridized carbons (Fsp3) is 0.458. The molecular formula is C24H33N3O3. The van der Waals surface area contributed by atoms with Crippen molar-refractivity contribution in [1.82, 2.24) is 0 Å². The van der Waals surface area contributed by atoms with Crippen LogP contribution in [0.25, 0.3) is 0 Å². The Morgan fingerprint density at radius 2 is 1.57 bits per heavy atom. The molecule has 0 heterocycles. The van der Waals surface area contributed by atoms with Crippen LogP contribution in [0.15, 0.2) is 57.7 Å². The minimum atomic E-state index is 0.0977. The molecule has 6 nitrogen and oxygen atoms in total. The van der Waals surface area contributed by atoms with Gasteiger partial charge in [0.2, 0.25) is 0 Å². The molecule has 30 heavy (non-hydrogen) atoms. The van der Waals surface area contributed by atoms with Gasteiger partial charge in [0.1, 0.15) is 11.5 Å². The van der Waals surface area contributed by atoms with E-state index in [1.54, 1.807) is 24.4 Å². The Morgan fingerprint density at radius 1 is 0.867 bits per heavy atom. The number of nitrogens with zero attached hydrogens (tertiary/aromatic N) is 3. The van der Waals surface area contributed by atoms with Crippen LogP contribution in [0.5, 0.6) is 11.5 Å². The first-order chi connectivity index (χ1) is 14.7. The van der Waals surface area contributed by atoms with Crippen molar-refractivity contribution in [1.29, 1.82) is 0 Å². The summed E-state index contributed by atoms with van der Waals surface area (Å²) in [5, 5.41) is 27.2. The molecule has 0 aliphatic carbocycles.